The summed E-state index contributed by atoms with van der Waals surface area (Å²) in [6.07, 6.45) is 2.38. The van der Waals surface area contributed by atoms with E-state index in [1.54, 1.807) is 13.1 Å². The van der Waals surface area contributed by atoms with E-state index in [1.165, 1.54) is 5.56 Å². The minimum absolute atomic E-state index is 0.333. The molecule has 27 heavy (non-hydrogen) atoms. The van der Waals surface area contributed by atoms with Gasteiger partial charge in [0, 0.05) is 12.0 Å². The lowest BCUT2D eigenvalue weighted by Crippen LogP contribution is -2.17. The molecule has 1 heterocycles. The lowest BCUT2D eigenvalue weighted by Gasteiger charge is -2.09. The highest BCUT2D eigenvalue weighted by atomic mass is 32.1. The molecule has 138 valence electrons. The lowest BCUT2D eigenvalue weighted by atomic mass is 10.2. The number of carbonyl (C=O) groups excluding carboxylic acids is 1. The first-order valence-electron chi connectivity index (χ1n) is 8.45. The molecule has 3 rings (SSSR count). The molecule has 0 unspecified atom stereocenters. The number of ether oxygens (including phenoxy) is 1. The number of nitrogen functional groups attached to an aromatic ring is 1. The minimum Gasteiger partial charge on any atom is -0.493 e. The summed E-state index contributed by atoms with van der Waals surface area (Å²) in [4.78, 5) is 16.6. The zero-order valence-corrected chi connectivity index (χ0v) is 15.7. The summed E-state index contributed by atoms with van der Waals surface area (Å²) < 4.78 is 5.88. The van der Waals surface area contributed by atoms with E-state index in [2.05, 4.69) is 27.6 Å². The lowest BCUT2D eigenvalue weighted by molar-refractivity contribution is 0.0958. The Labute approximate surface area is 161 Å². The van der Waals surface area contributed by atoms with Gasteiger partial charge in [-0.3, -0.25) is 4.79 Å². The molecular formula is C20H20N4O2S. The van der Waals surface area contributed by atoms with Gasteiger partial charge in [0.15, 0.2) is 5.13 Å². The number of nitrogens with zero attached hydrogens (tertiary/aromatic N) is 2. The Morgan fingerprint density at radius 1 is 1.22 bits per heavy atom. The molecule has 0 radical (unpaired) electrons. The van der Waals surface area contributed by atoms with Crippen LogP contribution in [0.15, 0.2) is 59.7 Å². The van der Waals surface area contributed by atoms with Crippen molar-refractivity contribution in [3.63, 3.8) is 0 Å². The van der Waals surface area contributed by atoms with Gasteiger partial charge in [-0.25, -0.2) is 10.4 Å². The number of para-hydroxylation sites is 1. The Kier molecular flexibility index (Phi) is 6.17. The second kappa shape index (κ2) is 8.95. The predicted molar refractivity (Wildman–Crippen MR) is 108 cm³/mol. The Balaban J connectivity index is 1.59. The number of hydrogen-bond acceptors (Lipinski definition) is 6. The number of anilines is 1. The first kappa shape index (κ1) is 18.6. The van der Waals surface area contributed by atoms with Crippen LogP contribution in [0.2, 0.25) is 0 Å². The highest BCUT2D eigenvalue weighted by molar-refractivity contribution is 7.17. The van der Waals surface area contributed by atoms with Crippen molar-refractivity contribution in [3.05, 3.63) is 76.3 Å². The fourth-order valence-corrected chi connectivity index (χ4v) is 3.20. The second-order valence-electron chi connectivity index (χ2n) is 5.79. The van der Waals surface area contributed by atoms with Gasteiger partial charge in [-0.2, -0.15) is 5.10 Å². The molecule has 6 nitrogen and oxygen atoms in total. The van der Waals surface area contributed by atoms with E-state index in [9.17, 15) is 4.79 Å². The van der Waals surface area contributed by atoms with Crippen molar-refractivity contribution in [1.29, 1.82) is 0 Å². The van der Waals surface area contributed by atoms with Gasteiger partial charge in [0.1, 0.15) is 10.6 Å². The molecule has 0 aliphatic carbocycles. The van der Waals surface area contributed by atoms with Crippen LogP contribution in [0.5, 0.6) is 5.75 Å². The molecular weight excluding hydrogens is 360 g/mol. The van der Waals surface area contributed by atoms with Gasteiger partial charge in [0.25, 0.3) is 5.91 Å². The summed E-state index contributed by atoms with van der Waals surface area (Å²) in [5.41, 5.74) is 10.7. The van der Waals surface area contributed by atoms with Crippen molar-refractivity contribution in [3.8, 4) is 5.75 Å². The predicted octanol–water partition coefficient (Wildman–Crippen LogP) is 3.42. The number of benzene rings is 2. The molecule has 3 N–H and O–H groups in total. The summed E-state index contributed by atoms with van der Waals surface area (Å²) in [5.74, 6) is 0.380. The van der Waals surface area contributed by atoms with Crippen molar-refractivity contribution < 1.29 is 9.53 Å². The zero-order valence-electron chi connectivity index (χ0n) is 14.9. The Hall–Kier alpha value is -3.19. The molecule has 0 aliphatic rings. The molecule has 0 fully saturated rings. The molecule has 0 saturated carbocycles. The maximum Gasteiger partial charge on any atom is 0.283 e. The topological polar surface area (TPSA) is 89.6 Å². The maximum atomic E-state index is 12.1. The molecule has 2 aromatic carbocycles. The van der Waals surface area contributed by atoms with Crippen LogP contribution >= 0.6 is 11.3 Å². The Morgan fingerprint density at radius 3 is 2.70 bits per heavy atom. The SMILES string of the molecule is Cc1nc(N)sc1C(=O)NN=Cc1ccccc1OCCc1ccccc1. The molecule has 0 saturated heterocycles. The molecule has 1 amide bonds. The summed E-state index contributed by atoms with van der Waals surface area (Å²) >= 11 is 1.14. The smallest absolute Gasteiger partial charge is 0.283 e. The first-order valence-corrected chi connectivity index (χ1v) is 9.27. The van der Waals surface area contributed by atoms with Crippen molar-refractivity contribution in [2.24, 2.45) is 5.10 Å². The molecule has 3 aromatic rings. The van der Waals surface area contributed by atoms with Crippen LogP contribution in [-0.2, 0) is 6.42 Å². The fraction of sp³-hybridized carbons (Fsp3) is 0.150. The first-order chi connectivity index (χ1) is 13.1. The molecule has 1 aromatic heterocycles. The summed E-state index contributed by atoms with van der Waals surface area (Å²) in [7, 11) is 0. The molecule has 0 bridgehead atoms. The van der Waals surface area contributed by atoms with Crippen molar-refractivity contribution in [2.45, 2.75) is 13.3 Å². The van der Waals surface area contributed by atoms with Crippen LogP contribution in [0.4, 0.5) is 5.13 Å². The average Bonchev–Trinajstić information content (AvgIpc) is 3.02. The standard InChI is InChI=1S/C20H20N4O2S/c1-14-18(27-20(21)23-14)19(25)24-22-13-16-9-5-6-10-17(16)26-12-11-15-7-3-2-4-8-15/h2-10,13H,11-12H2,1H3,(H2,21,23)(H,24,25). The molecule has 7 heteroatoms. The number of nitrogens with two attached hydrogens (primary N) is 1. The number of nitrogens with one attached hydrogen (secondary N) is 1. The Morgan fingerprint density at radius 2 is 1.96 bits per heavy atom. The van der Waals surface area contributed by atoms with Crippen molar-refractivity contribution >= 4 is 28.6 Å². The summed E-state index contributed by atoms with van der Waals surface area (Å²) in [6, 6.07) is 17.7. The van der Waals surface area contributed by atoms with E-state index in [-0.39, 0.29) is 5.91 Å². The van der Waals surface area contributed by atoms with Crippen LogP contribution in [0.1, 0.15) is 26.5 Å². The third-order valence-corrected chi connectivity index (χ3v) is 4.78. The number of hydrogen-bond donors (Lipinski definition) is 2. The van der Waals surface area contributed by atoms with E-state index in [4.69, 9.17) is 10.5 Å². The summed E-state index contributed by atoms with van der Waals surface area (Å²) in [6.45, 7) is 2.29. The highest BCUT2D eigenvalue weighted by Gasteiger charge is 2.13. The van der Waals surface area contributed by atoms with Gasteiger partial charge in [-0.1, -0.05) is 53.8 Å². The van der Waals surface area contributed by atoms with E-state index in [0.29, 0.717) is 28.1 Å². The van der Waals surface area contributed by atoms with E-state index < -0.39 is 0 Å². The molecule has 0 spiro atoms. The number of rotatable bonds is 7. The molecule has 0 aliphatic heterocycles. The van der Waals surface area contributed by atoms with Gasteiger partial charge in [0.2, 0.25) is 0 Å². The van der Waals surface area contributed by atoms with Crippen molar-refractivity contribution in [2.75, 3.05) is 12.3 Å². The number of aryl methyl sites for hydroxylation is 1. The second-order valence-corrected chi connectivity index (χ2v) is 6.82. The van der Waals surface area contributed by atoms with E-state index in [0.717, 1.165) is 23.3 Å². The monoisotopic (exact) mass is 380 g/mol. The van der Waals surface area contributed by atoms with Crippen LogP contribution in [0.3, 0.4) is 0 Å². The minimum atomic E-state index is -0.333. The maximum absolute atomic E-state index is 12.1. The van der Waals surface area contributed by atoms with Gasteiger partial charge < -0.3 is 10.5 Å². The third-order valence-electron chi connectivity index (χ3n) is 3.80. The van der Waals surface area contributed by atoms with Crippen LogP contribution in [0, 0.1) is 6.92 Å². The van der Waals surface area contributed by atoms with E-state index in [1.807, 2.05) is 42.5 Å². The molecule has 0 atom stereocenters. The zero-order chi connectivity index (χ0) is 19.1. The van der Waals surface area contributed by atoms with Crippen molar-refractivity contribution in [1.82, 2.24) is 10.4 Å². The van der Waals surface area contributed by atoms with Gasteiger partial charge in [-0.15, -0.1) is 0 Å². The van der Waals surface area contributed by atoms with Gasteiger partial charge >= 0.3 is 0 Å². The largest absolute Gasteiger partial charge is 0.493 e. The number of amides is 1. The van der Waals surface area contributed by atoms with E-state index >= 15 is 0 Å². The van der Waals surface area contributed by atoms with Crippen LogP contribution in [0.25, 0.3) is 0 Å². The quantitative estimate of drug-likeness (QED) is 0.485. The average molecular weight is 380 g/mol. The number of thiazole rings is 1. The van der Waals surface area contributed by atoms with Gasteiger partial charge in [-0.05, 0) is 24.6 Å². The number of aromatic nitrogens is 1. The summed E-state index contributed by atoms with van der Waals surface area (Å²) in [5, 5.41) is 4.39. The fourth-order valence-electron chi connectivity index (χ4n) is 2.48. The van der Waals surface area contributed by atoms with Crippen LogP contribution < -0.4 is 15.9 Å². The van der Waals surface area contributed by atoms with Crippen LogP contribution in [-0.4, -0.2) is 23.7 Å². The number of carbonyl (C=O) groups is 1. The highest BCUT2D eigenvalue weighted by Crippen LogP contribution is 2.19. The number of hydrazone groups is 1. The Bertz CT molecular complexity index is 938. The third kappa shape index (κ3) is 5.15. The normalized spacial score (nSPS) is 10.9. The van der Waals surface area contributed by atoms with Gasteiger partial charge in [0.05, 0.1) is 18.5 Å².